The minimum Gasteiger partial charge on any atom is -0.324 e. The highest BCUT2D eigenvalue weighted by Gasteiger charge is 2.24. The van der Waals surface area contributed by atoms with Gasteiger partial charge in [-0.15, -0.1) is 0 Å². The molecule has 0 amide bonds. The Bertz CT molecular complexity index is 254. The monoisotopic (exact) mass is 151 g/mol. The van der Waals surface area contributed by atoms with Crippen molar-refractivity contribution in [1.82, 2.24) is 10.2 Å². The fraction of sp³-hybridized carbons (Fsp3) is 0.625. The summed E-state index contributed by atoms with van der Waals surface area (Å²) in [5.41, 5.74) is 8.42. The summed E-state index contributed by atoms with van der Waals surface area (Å²) in [5.74, 6) is 0.597. The van der Waals surface area contributed by atoms with Crippen molar-refractivity contribution in [2.45, 2.75) is 25.8 Å². The quantitative estimate of drug-likeness (QED) is 0.581. The fourth-order valence-corrected chi connectivity index (χ4v) is 1.67. The van der Waals surface area contributed by atoms with Crippen molar-refractivity contribution in [3.05, 3.63) is 17.5 Å². The van der Waals surface area contributed by atoms with Gasteiger partial charge in [-0.25, -0.2) is 0 Å². The average Bonchev–Trinajstić information content (AvgIpc) is 2.45. The highest BCUT2D eigenvalue weighted by atomic mass is 15.1. The molecule has 3 N–H and O–H groups in total. The van der Waals surface area contributed by atoms with E-state index < -0.39 is 0 Å². The van der Waals surface area contributed by atoms with E-state index in [0.717, 1.165) is 6.42 Å². The van der Waals surface area contributed by atoms with E-state index in [4.69, 9.17) is 5.73 Å². The van der Waals surface area contributed by atoms with E-state index in [1.807, 2.05) is 6.20 Å². The second kappa shape index (κ2) is 2.34. The number of hydrogen-bond acceptors (Lipinski definition) is 2. The van der Waals surface area contributed by atoms with Gasteiger partial charge in [0.2, 0.25) is 0 Å². The van der Waals surface area contributed by atoms with E-state index in [1.54, 1.807) is 0 Å². The van der Waals surface area contributed by atoms with Gasteiger partial charge in [-0.2, -0.15) is 5.10 Å². The SMILES string of the molecule is CC1CCc2[nH]ncc2C1N. The molecular weight excluding hydrogens is 138 g/mol. The van der Waals surface area contributed by atoms with Crippen LogP contribution in [0.15, 0.2) is 6.20 Å². The molecule has 0 saturated carbocycles. The average molecular weight is 151 g/mol. The summed E-state index contributed by atoms with van der Waals surface area (Å²) >= 11 is 0. The summed E-state index contributed by atoms with van der Waals surface area (Å²) in [6.07, 6.45) is 4.14. The molecule has 1 heterocycles. The number of aromatic nitrogens is 2. The number of aryl methyl sites for hydroxylation is 1. The maximum Gasteiger partial charge on any atom is 0.0538 e. The summed E-state index contributed by atoms with van der Waals surface area (Å²) in [6.45, 7) is 2.20. The van der Waals surface area contributed by atoms with Gasteiger partial charge in [0.15, 0.2) is 0 Å². The first-order valence-electron chi connectivity index (χ1n) is 4.06. The van der Waals surface area contributed by atoms with Crippen molar-refractivity contribution >= 4 is 0 Å². The van der Waals surface area contributed by atoms with Crippen LogP contribution >= 0.6 is 0 Å². The number of nitrogens with two attached hydrogens (primary N) is 1. The second-order valence-electron chi connectivity index (χ2n) is 3.35. The van der Waals surface area contributed by atoms with Gasteiger partial charge in [-0.3, -0.25) is 5.10 Å². The van der Waals surface area contributed by atoms with Gasteiger partial charge in [-0.05, 0) is 18.8 Å². The Labute approximate surface area is 66.0 Å². The lowest BCUT2D eigenvalue weighted by molar-refractivity contribution is 0.410. The number of fused-ring (bicyclic) bond motifs is 1. The normalized spacial score (nSPS) is 30.0. The third kappa shape index (κ3) is 0.959. The van der Waals surface area contributed by atoms with Gasteiger partial charge >= 0.3 is 0 Å². The van der Waals surface area contributed by atoms with Gasteiger partial charge < -0.3 is 5.73 Å². The Morgan fingerprint density at radius 3 is 3.36 bits per heavy atom. The zero-order valence-electron chi connectivity index (χ0n) is 6.67. The van der Waals surface area contributed by atoms with Crippen LogP contribution in [-0.2, 0) is 6.42 Å². The molecule has 60 valence electrons. The fourth-order valence-electron chi connectivity index (χ4n) is 1.67. The van der Waals surface area contributed by atoms with Crippen molar-refractivity contribution in [3.63, 3.8) is 0 Å². The molecule has 2 unspecified atom stereocenters. The van der Waals surface area contributed by atoms with Crippen molar-refractivity contribution < 1.29 is 0 Å². The maximum atomic E-state index is 5.97. The summed E-state index contributed by atoms with van der Waals surface area (Å²) in [4.78, 5) is 0. The first-order valence-corrected chi connectivity index (χ1v) is 4.06. The van der Waals surface area contributed by atoms with Crippen LogP contribution < -0.4 is 5.73 Å². The molecule has 0 radical (unpaired) electrons. The third-order valence-corrected chi connectivity index (χ3v) is 2.57. The van der Waals surface area contributed by atoms with Crippen LogP contribution in [0, 0.1) is 5.92 Å². The molecule has 0 bridgehead atoms. The summed E-state index contributed by atoms with van der Waals surface area (Å²) in [7, 11) is 0. The van der Waals surface area contributed by atoms with Crippen LogP contribution in [0.1, 0.15) is 30.6 Å². The lowest BCUT2D eigenvalue weighted by Crippen LogP contribution is -2.24. The molecule has 11 heavy (non-hydrogen) atoms. The Kier molecular flexibility index (Phi) is 1.46. The van der Waals surface area contributed by atoms with Gasteiger partial charge in [0.05, 0.1) is 6.20 Å². The Balaban J connectivity index is 2.38. The predicted octanol–water partition coefficient (Wildman–Crippen LogP) is 0.992. The van der Waals surface area contributed by atoms with Crippen molar-refractivity contribution in [1.29, 1.82) is 0 Å². The smallest absolute Gasteiger partial charge is 0.0538 e. The largest absolute Gasteiger partial charge is 0.324 e. The Hall–Kier alpha value is -0.830. The molecule has 0 spiro atoms. The molecule has 3 nitrogen and oxygen atoms in total. The van der Waals surface area contributed by atoms with E-state index in [0.29, 0.717) is 5.92 Å². The Morgan fingerprint density at radius 2 is 2.55 bits per heavy atom. The van der Waals surface area contributed by atoms with Gasteiger partial charge in [0, 0.05) is 17.3 Å². The van der Waals surface area contributed by atoms with Crippen LogP contribution in [0.4, 0.5) is 0 Å². The van der Waals surface area contributed by atoms with Crippen LogP contribution in [-0.4, -0.2) is 10.2 Å². The number of H-pyrrole nitrogens is 1. The molecule has 3 heteroatoms. The summed E-state index contributed by atoms with van der Waals surface area (Å²) < 4.78 is 0. The predicted molar refractivity (Wildman–Crippen MR) is 43.0 cm³/mol. The number of hydrogen-bond donors (Lipinski definition) is 2. The Morgan fingerprint density at radius 1 is 1.73 bits per heavy atom. The molecule has 0 fully saturated rings. The van der Waals surface area contributed by atoms with E-state index in [-0.39, 0.29) is 6.04 Å². The molecule has 1 aliphatic carbocycles. The van der Waals surface area contributed by atoms with Crippen molar-refractivity contribution in [2.75, 3.05) is 0 Å². The topological polar surface area (TPSA) is 54.7 Å². The van der Waals surface area contributed by atoms with Crippen LogP contribution in [0.5, 0.6) is 0 Å². The molecule has 2 atom stereocenters. The number of rotatable bonds is 0. The summed E-state index contributed by atoms with van der Waals surface area (Å²) in [5, 5.41) is 6.96. The molecule has 0 aromatic carbocycles. The lowest BCUT2D eigenvalue weighted by atomic mass is 9.85. The third-order valence-electron chi connectivity index (χ3n) is 2.57. The molecule has 0 aliphatic heterocycles. The van der Waals surface area contributed by atoms with Crippen LogP contribution in [0.3, 0.4) is 0 Å². The molecule has 2 rings (SSSR count). The number of nitrogens with zero attached hydrogens (tertiary/aromatic N) is 1. The zero-order chi connectivity index (χ0) is 7.84. The van der Waals surface area contributed by atoms with Crippen LogP contribution in [0.25, 0.3) is 0 Å². The minimum atomic E-state index is 0.192. The number of nitrogens with one attached hydrogen (secondary N) is 1. The first-order chi connectivity index (χ1) is 5.29. The highest BCUT2D eigenvalue weighted by Crippen LogP contribution is 2.30. The van der Waals surface area contributed by atoms with Crippen LogP contribution in [0.2, 0.25) is 0 Å². The van der Waals surface area contributed by atoms with E-state index >= 15 is 0 Å². The summed E-state index contributed by atoms with van der Waals surface area (Å²) in [6, 6.07) is 0.192. The molecule has 1 aromatic heterocycles. The van der Waals surface area contributed by atoms with E-state index in [9.17, 15) is 0 Å². The second-order valence-corrected chi connectivity index (χ2v) is 3.35. The van der Waals surface area contributed by atoms with E-state index in [1.165, 1.54) is 17.7 Å². The maximum absolute atomic E-state index is 5.97. The first kappa shape index (κ1) is 6.85. The number of aromatic amines is 1. The van der Waals surface area contributed by atoms with E-state index in [2.05, 4.69) is 17.1 Å². The molecule has 1 aliphatic rings. The minimum absolute atomic E-state index is 0.192. The van der Waals surface area contributed by atoms with Gasteiger partial charge in [0.1, 0.15) is 0 Å². The standard InChI is InChI=1S/C8H13N3/c1-5-2-3-7-6(8(5)9)4-10-11-7/h4-5,8H,2-3,9H2,1H3,(H,10,11). The van der Waals surface area contributed by atoms with Crippen molar-refractivity contribution in [3.8, 4) is 0 Å². The zero-order valence-corrected chi connectivity index (χ0v) is 6.67. The van der Waals surface area contributed by atoms with Gasteiger partial charge in [0.25, 0.3) is 0 Å². The van der Waals surface area contributed by atoms with Crippen molar-refractivity contribution in [2.24, 2.45) is 11.7 Å². The highest BCUT2D eigenvalue weighted by molar-refractivity contribution is 5.23. The van der Waals surface area contributed by atoms with Gasteiger partial charge in [-0.1, -0.05) is 6.92 Å². The molecule has 0 saturated heterocycles. The lowest BCUT2D eigenvalue weighted by Gasteiger charge is -2.24. The molecule has 1 aromatic rings. The molecular formula is C8H13N3.